The minimum atomic E-state index is -4.06. The molecule has 0 heterocycles. The van der Waals surface area contributed by atoms with Gasteiger partial charge in [-0.3, -0.25) is 4.79 Å². The van der Waals surface area contributed by atoms with E-state index in [2.05, 4.69) is 10.5 Å². The first-order valence-corrected chi connectivity index (χ1v) is 10.7. The van der Waals surface area contributed by atoms with E-state index >= 15 is 0 Å². The molecule has 0 radical (unpaired) electrons. The molecule has 7 nitrogen and oxygen atoms in total. The van der Waals surface area contributed by atoms with Crippen molar-refractivity contribution in [3.05, 3.63) is 87.9 Å². The van der Waals surface area contributed by atoms with Crippen molar-refractivity contribution >= 4 is 45.3 Å². The predicted molar refractivity (Wildman–Crippen MR) is 116 cm³/mol. The molecule has 10 heteroatoms. The Morgan fingerprint density at radius 3 is 2.43 bits per heavy atom. The largest absolute Gasteiger partial charge is 0.457 e. The highest BCUT2D eigenvalue weighted by Crippen LogP contribution is 2.24. The third kappa shape index (κ3) is 5.80. The lowest BCUT2D eigenvalue weighted by Gasteiger charge is -2.06. The second-order valence-corrected chi connectivity index (χ2v) is 8.39. The number of nitrogens with two attached hydrogens (primary N) is 1. The summed E-state index contributed by atoms with van der Waals surface area (Å²) in [5.74, 6) is 0.569. The van der Waals surface area contributed by atoms with E-state index in [1.165, 1.54) is 18.3 Å². The number of carbonyl (C=O) groups excluding carboxylic acids is 1. The van der Waals surface area contributed by atoms with Gasteiger partial charge in [-0.25, -0.2) is 19.0 Å². The summed E-state index contributed by atoms with van der Waals surface area (Å²) in [7, 11) is -4.06. The van der Waals surface area contributed by atoms with Gasteiger partial charge in [-0.05, 0) is 60.2 Å². The van der Waals surface area contributed by atoms with Gasteiger partial charge in [0.05, 0.1) is 11.2 Å². The second-order valence-electron chi connectivity index (χ2n) is 6.02. The van der Waals surface area contributed by atoms with E-state index in [9.17, 15) is 13.2 Å². The van der Waals surface area contributed by atoms with Crippen LogP contribution in [0.15, 0.2) is 76.7 Å². The van der Waals surface area contributed by atoms with Crippen molar-refractivity contribution in [3.63, 3.8) is 0 Å². The van der Waals surface area contributed by atoms with Gasteiger partial charge in [-0.15, -0.1) is 0 Å². The van der Waals surface area contributed by atoms with Crippen LogP contribution in [0.1, 0.15) is 15.9 Å². The zero-order valence-corrected chi connectivity index (χ0v) is 17.6. The molecule has 0 aliphatic rings. The van der Waals surface area contributed by atoms with Gasteiger partial charge in [0.25, 0.3) is 5.91 Å². The number of nitrogens with one attached hydrogen (secondary N) is 1. The molecule has 0 saturated heterocycles. The fourth-order valence-corrected chi connectivity index (χ4v) is 3.59. The molecule has 1 amide bonds. The maximum absolute atomic E-state index is 12.2. The first kappa shape index (κ1) is 21.8. The summed E-state index contributed by atoms with van der Waals surface area (Å²) in [4.78, 5) is 11.9. The van der Waals surface area contributed by atoms with Gasteiger partial charge in [0.1, 0.15) is 16.4 Å². The van der Waals surface area contributed by atoms with Crippen molar-refractivity contribution < 1.29 is 17.9 Å². The van der Waals surface area contributed by atoms with Crippen LogP contribution < -0.4 is 15.3 Å². The molecule has 0 atom stereocenters. The van der Waals surface area contributed by atoms with Crippen LogP contribution in [0.2, 0.25) is 10.0 Å². The first-order chi connectivity index (χ1) is 14.2. The summed E-state index contributed by atoms with van der Waals surface area (Å²) < 4.78 is 28.8. The Morgan fingerprint density at radius 2 is 1.73 bits per heavy atom. The van der Waals surface area contributed by atoms with E-state index < -0.39 is 15.9 Å². The summed E-state index contributed by atoms with van der Waals surface area (Å²) in [6.07, 6.45) is 1.42. The first-order valence-electron chi connectivity index (χ1n) is 8.41. The maximum atomic E-state index is 12.2. The Hall–Kier alpha value is -2.91. The summed E-state index contributed by atoms with van der Waals surface area (Å²) >= 11 is 11.7. The summed E-state index contributed by atoms with van der Waals surface area (Å²) in [6.45, 7) is 0. The van der Waals surface area contributed by atoms with Gasteiger partial charge in [0, 0.05) is 10.6 Å². The van der Waals surface area contributed by atoms with E-state index in [0.29, 0.717) is 22.1 Å². The number of hydrogen-bond donors (Lipinski definition) is 2. The SMILES string of the molecule is NS(=O)(=O)c1cc(C(=O)N/N=C\c2cccc(Oc3ccc(Cl)cc3)c2)ccc1Cl. The number of ether oxygens (including phenoxy) is 1. The molecule has 0 bridgehead atoms. The van der Waals surface area contributed by atoms with Crippen molar-refractivity contribution in [3.8, 4) is 11.5 Å². The van der Waals surface area contributed by atoms with Crippen LogP contribution in [0.3, 0.4) is 0 Å². The molecule has 154 valence electrons. The molecule has 0 aromatic heterocycles. The van der Waals surface area contributed by atoms with Crippen LogP contribution in [0, 0.1) is 0 Å². The molecule has 0 spiro atoms. The fourth-order valence-electron chi connectivity index (χ4n) is 2.39. The zero-order chi connectivity index (χ0) is 21.7. The van der Waals surface area contributed by atoms with Crippen molar-refractivity contribution in [2.24, 2.45) is 10.2 Å². The number of hydrazone groups is 1. The predicted octanol–water partition coefficient (Wildman–Crippen LogP) is 4.20. The molecular weight excluding hydrogens is 449 g/mol. The van der Waals surface area contributed by atoms with Gasteiger partial charge >= 0.3 is 0 Å². The van der Waals surface area contributed by atoms with Crippen molar-refractivity contribution in [2.45, 2.75) is 4.90 Å². The Morgan fingerprint density at radius 1 is 1.00 bits per heavy atom. The Balaban J connectivity index is 1.68. The fraction of sp³-hybridized carbons (Fsp3) is 0. The lowest BCUT2D eigenvalue weighted by atomic mass is 10.2. The van der Waals surface area contributed by atoms with Gasteiger partial charge in [0.15, 0.2) is 0 Å². The van der Waals surface area contributed by atoms with E-state index in [4.69, 9.17) is 33.1 Å². The monoisotopic (exact) mass is 463 g/mol. The van der Waals surface area contributed by atoms with Crippen LogP contribution in [0.25, 0.3) is 0 Å². The number of sulfonamides is 1. The normalized spacial score (nSPS) is 11.4. The van der Waals surface area contributed by atoms with Crippen molar-refractivity contribution in [1.82, 2.24) is 5.43 Å². The zero-order valence-electron chi connectivity index (χ0n) is 15.2. The standard InChI is InChI=1S/C20H15Cl2N3O4S/c21-15-5-7-16(8-6-15)29-17-3-1-2-13(10-17)12-24-25-20(26)14-4-9-18(22)19(11-14)30(23,27)28/h1-12H,(H,25,26)(H2,23,27,28)/b24-12-. The van der Waals surface area contributed by atoms with Crippen molar-refractivity contribution in [2.75, 3.05) is 0 Å². The van der Waals surface area contributed by atoms with Crippen LogP contribution in [-0.4, -0.2) is 20.5 Å². The van der Waals surface area contributed by atoms with E-state index in [1.54, 1.807) is 48.5 Å². The minimum Gasteiger partial charge on any atom is -0.457 e. The maximum Gasteiger partial charge on any atom is 0.271 e. The molecule has 3 aromatic carbocycles. The number of primary sulfonamides is 1. The molecule has 0 aliphatic heterocycles. The second kappa shape index (κ2) is 9.27. The number of amides is 1. The smallest absolute Gasteiger partial charge is 0.271 e. The van der Waals surface area contributed by atoms with E-state index in [0.717, 1.165) is 6.07 Å². The van der Waals surface area contributed by atoms with Gasteiger partial charge in [-0.2, -0.15) is 5.10 Å². The van der Waals surface area contributed by atoms with Crippen LogP contribution in [0.5, 0.6) is 11.5 Å². The molecule has 0 unspecified atom stereocenters. The highest BCUT2D eigenvalue weighted by molar-refractivity contribution is 7.89. The van der Waals surface area contributed by atoms with Gasteiger partial charge < -0.3 is 4.74 Å². The quantitative estimate of drug-likeness (QED) is 0.421. The van der Waals surface area contributed by atoms with E-state index in [-0.39, 0.29) is 15.5 Å². The summed E-state index contributed by atoms with van der Waals surface area (Å²) in [5.41, 5.74) is 3.03. The Bertz CT molecular complexity index is 1210. The minimum absolute atomic E-state index is 0.0420. The molecule has 0 saturated carbocycles. The average Bonchev–Trinajstić information content (AvgIpc) is 2.69. The molecule has 30 heavy (non-hydrogen) atoms. The highest BCUT2D eigenvalue weighted by Gasteiger charge is 2.16. The molecule has 3 rings (SSSR count). The Labute approximate surface area is 183 Å². The molecule has 3 N–H and O–H groups in total. The van der Waals surface area contributed by atoms with Crippen molar-refractivity contribution in [1.29, 1.82) is 0 Å². The average molecular weight is 464 g/mol. The number of carbonyl (C=O) groups is 1. The third-order valence-electron chi connectivity index (χ3n) is 3.79. The molecule has 0 fully saturated rings. The summed E-state index contributed by atoms with van der Waals surface area (Å²) in [5, 5.41) is 9.50. The molecule has 3 aromatic rings. The van der Waals surface area contributed by atoms with E-state index in [1.807, 2.05) is 0 Å². The van der Waals surface area contributed by atoms with Crippen LogP contribution in [-0.2, 0) is 10.0 Å². The number of rotatable bonds is 6. The topological polar surface area (TPSA) is 111 Å². The van der Waals surface area contributed by atoms with Gasteiger partial charge in [-0.1, -0.05) is 35.3 Å². The highest BCUT2D eigenvalue weighted by atomic mass is 35.5. The van der Waals surface area contributed by atoms with Crippen LogP contribution >= 0.6 is 23.2 Å². The van der Waals surface area contributed by atoms with Crippen LogP contribution in [0.4, 0.5) is 0 Å². The third-order valence-corrected chi connectivity index (χ3v) is 5.43. The number of hydrogen-bond acceptors (Lipinski definition) is 5. The molecular formula is C20H15Cl2N3O4S. The lowest BCUT2D eigenvalue weighted by molar-refractivity contribution is 0.0955. The Kier molecular flexibility index (Phi) is 6.73. The lowest BCUT2D eigenvalue weighted by Crippen LogP contribution is -2.19. The number of halogens is 2. The summed E-state index contributed by atoms with van der Waals surface area (Å²) in [6, 6.07) is 17.7. The van der Waals surface area contributed by atoms with Gasteiger partial charge in [0.2, 0.25) is 10.0 Å². The number of benzene rings is 3. The molecule has 0 aliphatic carbocycles. The number of nitrogens with zero attached hydrogens (tertiary/aromatic N) is 1.